The number of nitrogens with two attached hydrogens (primary N) is 2. The van der Waals surface area contributed by atoms with Crippen LogP contribution in [0, 0.1) is 29.6 Å². The first kappa shape index (κ1) is 82.6. The summed E-state index contributed by atoms with van der Waals surface area (Å²) in [6.07, 6.45) is -4.37. The maximum Gasteiger partial charge on any atom is 0.248 e. The molecule has 2 heterocycles. The van der Waals surface area contributed by atoms with Crippen LogP contribution in [0.15, 0.2) is 0 Å². The first-order valence-electron chi connectivity index (χ1n) is 33.0. The molecule has 0 bridgehead atoms. The number of carbonyl (C=O) groups excluding carboxylic acids is 14. The van der Waals surface area contributed by atoms with Gasteiger partial charge in [0.1, 0.15) is 66.5 Å². The van der Waals surface area contributed by atoms with Crippen molar-refractivity contribution in [3.05, 3.63) is 0 Å². The molecule has 0 saturated carbocycles. The Morgan fingerprint density at radius 2 is 1.03 bits per heavy atom. The van der Waals surface area contributed by atoms with E-state index in [9.17, 15) is 82.4 Å². The third-order valence-corrected chi connectivity index (χ3v) is 16.7. The van der Waals surface area contributed by atoms with Crippen LogP contribution < -0.4 is 64.6 Å². The van der Waals surface area contributed by atoms with Crippen molar-refractivity contribution in [2.45, 2.75) is 271 Å². The molecule has 2 rings (SSSR count). The van der Waals surface area contributed by atoms with Gasteiger partial charge in [-0.1, -0.05) is 102 Å². The second-order valence-corrected chi connectivity index (χ2v) is 26.7. The molecule has 0 aromatic rings. The average Bonchev–Trinajstić information content (AvgIpc) is 1.45. The van der Waals surface area contributed by atoms with Crippen molar-refractivity contribution in [2.75, 3.05) is 13.6 Å². The molecule has 31 nitrogen and oxygen atoms in total. The summed E-state index contributed by atoms with van der Waals surface area (Å²) >= 11 is 0. The van der Waals surface area contributed by atoms with Crippen molar-refractivity contribution in [1.29, 1.82) is 0 Å². The van der Waals surface area contributed by atoms with Gasteiger partial charge in [-0.3, -0.25) is 67.1 Å². The van der Waals surface area contributed by atoms with Gasteiger partial charge in [0.15, 0.2) is 0 Å². The monoisotopic (exact) mass is 1330 g/mol. The van der Waals surface area contributed by atoms with E-state index in [1.165, 1.54) is 27.8 Å². The SMILES string of the molecule is CCCCCC1CC(=O)N[C@@H](C(C)C)C(=O)N[C@H](C(O)C(C)C)C(=O)N[C@@H](C)C(=O)N[C@H](CC(C)C)C(=O)N[C@@H](CCC(N)=O)C(=O)N(C)[C@@H]([C@@H](C)CC)C(=O)N[C@H](CC(N)=O)C(=O)N[C@H]([C@H](C)O)C(=O)N2CCC[C@H]2C(=O)N[C@H](CC(C)C)C(=O)N[C@@H]([C@@H](C)O)C(=O)N1. The second kappa shape index (κ2) is 39.4. The number of nitrogens with one attached hydrogen (secondary N) is 10. The van der Waals surface area contributed by atoms with Crippen LogP contribution in [0.25, 0.3) is 0 Å². The zero-order chi connectivity index (χ0) is 71.8. The van der Waals surface area contributed by atoms with Crippen LogP contribution in [0.3, 0.4) is 0 Å². The van der Waals surface area contributed by atoms with E-state index in [1.54, 1.807) is 69.2 Å². The van der Waals surface area contributed by atoms with Crippen molar-refractivity contribution >= 4 is 82.7 Å². The van der Waals surface area contributed by atoms with Crippen LogP contribution in [-0.4, -0.2) is 212 Å². The Morgan fingerprint density at radius 3 is 1.54 bits per heavy atom. The van der Waals surface area contributed by atoms with Crippen LogP contribution in [0.4, 0.5) is 0 Å². The predicted octanol–water partition coefficient (Wildman–Crippen LogP) is -2.63. The number of fused-ring (bicyclic) bond motifs is 1. The summed E-state index contributed by atoms with van der Waals surface area (Å²) in [5, 5.41) is 59.2. The molecule has 2 saturated heterocycles. The zero-order valence-corrected chi connectivity index (χ0v) is 57.6. The minimum absolute atomic E-state index is 0.0125. The average molecular weight is 1340 g/mol. The summed E-state index contributed by atoms with van der Waals surface area (Å²) < 4.78 is 0. The molecule has 14 amide bonds. The Morgan fingerprint density at radius 1 is 0.532 bits per heavy atom. The number of carbonyl (C=O) groups is 14. The molecule has 17 N–H and O–H groups in total. The standard InChI is InChI=1S/C63H110N14O17/c1-16-18-19-21-38-28-46(82)72-47(32(7)8)58(89)75-50(52(83)33(9)10)60(91)66-35(12)53(84)69-40(26-30(3)4)54(85)68-39(23-24-44(64)80)62(93)76(15)51(34(11)17-2)61(92)71-42(29-45(65)81)56(87)74-49(37(14)79)63(94)77-25-20-22-43(77)57(88)70-41(27-31(5)6)55(86)73-48(36(13)78)59(90)67-38/h30-43,47-52,78-79,83H,16-29H2,1-15H3,(H2,64,80)(H2,65,81)(H,66,91)(H,67,90)(H,68,85)(H,69,84)(H,70,88)(H,71,92)(H,72,82)(H,73,86)(H,74,87)(H,75,89)/t34-,35-,36+,37-,38?,39-,40+,41+,42+,43-,47-,48-,49+,50+,51-,52?/m0/s1. The van der Waals surface area contributed by atoms with Crippen molar-refractivity contribution in [3.8, 4) is 0 Å². The van der Waals surface area contributed by atoms with E-state index < -0.39 is 217 Å². The quantitative estimate of drug-likeness (QED) is 0.0555. The highest BCUT2D eigenvalue weighted by molar-refractivity contribution is 6.00. The van der Waals surface area contributed by atoms with Gasteiger partial charge in [0, 0.05) is 32.5 Å². The summed E-state index contributed by atoms with van der Waals surface area (Å²) in [6, 6.07) is -18.0. The molecule has 0 radical (unpaired) electrons. The van der Waals surface area contributed by atoms with Gasteiger partial charge in [-0.2, -0.15) is 0 Å². The molecular weight excluding hydrogens is 1220 g/mol. The van der Waals surface area contributed by atoms with Crippen molar-refractivity contribution in [3.63, 3.8) is 0 Å². The van der Waals surface area contributed by atoms with Gasteiger partial charge >= 0.3 is 0 Å². The van der Waals surface area contributed by atoms with E-state index in [0.717, 1.165) is 16.2 Å². The second-order valence-electron chi connectivity index (χ2n) is 26.7. The van der Waals surface area contributed by atoms with Crippen LogP contribution in [-0.2, 0) is 67.1 Å². The first-order chi connectivity index (χ1) is 43.8. The van der Waals surface area contributed by atoms with E-state index in [0.29, 0.717) is 12.8 Å². The fourth-order valence-corrected chi connectivity index (χ4v) is 11.1. The van der Waals surface area contributed by atoms with Crippen molar-refractivity contribution in [2.24, 2.45) is 41.1 Å². The largest absolute Gasteiger partial charge is 0.391 e. The van der Waals surface area contributed by atoms with Gasteiger partial charge in [-0.05, 0) is 88.9 Å². The maximum atomic E-state index is 14.7. The topological polar surface area (TPSA) is 478 Å². The molecule has 534 valence electrons. The normalized spacial score (nSPS) is 27.9. The number of aliphatic hydroxyl groups is 3. The van der Waals surface area contributed by atoms with Crippen LogP contribution >= 0.6 is 0 Å². The number of unbranched alkanes of at least 4 members (excludes halogenated alkanes) is 2. The van der Waals surface area contributed by atoms with E-state index in [-0.39, 0.29) is 56.9 Å². The number of nitrogens with zero attached hydrogens (tertiary/aromatic N) is 2. The molecule has 0 spiro atoms. The Bertz CT molecular complexity index is 2640. The van der Waals surface area contributed by atoms with E-state index in [4.69, 9.17) is 11.5 Å². The lowest BCUT2D eigenvalue weighted by atomic mass is 9.95. The molecule has 0 aromatic carbocycles. The van der Waals surface area contributed by atoms with Gasteiger partial charge < -0.3 is 89.8 Å². The lowest BCUT2D eigenvalue weighted by Crippen LogP contribution is -2.63. The summed E-state index contributed by atoms with van der Waals surface area (Å²) in [5.74, 6) is -15.9. The maximum absolute atomic E-state index is 14.7. The van der Waals surface area contributed by atoms with Crippen LogP contribution in [0.5, 0.6) is 0 Å². The number of hydrogen-bond acceptors (Lipinski definition) is 17. The summed E-state index contributed by atoms with van der Waals surface area (Å²) in [5.41, 5.74) is 11.1. The number of primary amides is 2. The highest BCUT2D eigenvalue weighted by Crippen LogP contribution is 2.23. The van der Waals surface area contributed by atoms with Gasteiger partial charge in [-0.25, -0.2) is 0 Å². The Labute approximate surface area is 552 Å². The van der Waals surface area contributed by atoms with Crippen molar-refractivity contribution in [1.82, 2.24) is 63.0 Å². The minimum Gasteiger partial charge on any atom is -0.391 e. The molecule has 2 aliphatic rings. The molecule has 2 aliphatic heterocycles. The first-order valence-corrected chi connectivity index (χ1v) is 33.0. The smallest absolute Gasteiger partial charge is 0.248 e. The lowest BCUT2D eigenvalue weighted by molar-refractivity contribution is -0.146. The Hall–Kier alpha value is -7.54. The molecule has 31 heteroatoms. The molecule has 16 atom stereocenters. The van der Waals surface area contributed by atoms with E-state index in [2.05, 4.69) is 53.2 Å². The number of hydrogen-bond donors (Lipinski definition) is 15. The highest BCUT2D eigenvalue weighted by Gasteiger charge is 2.44. The van der Waals surface area contributed by atoms with Gasteiger partial charge in [0.25, 0.3) is 0 Å². The molecule has 0 aliphatic carbocycles. The van der Waals surface area contributed by atoms with Gasteiger partial charge in [-0.15, -0.1) is 0 Å². The number of rotatable bonds is 20. The summed E-state index contributed by atoms with van der Waals surface area (Å²) in [6.45, 7) is 22.1. The molecule has 2 unspecified atom stereocenters. The summed E-state index contributed by atoms with van der Waals surface area (Å²) in [4.78, 5) is 199. The molecule has 94 heavy (non-hydrogen) atoms. The van der Waals surface area contributed by atoms with E-state index >= 15 is 0 Å². The highest BCUT2D eigenvalue weighted by atomic mass is 16.3. The van der Waals surface area contributed by atoms with E-state index in [1.807, 2.05) is 6.92 Å². The van der Waals surface area contributed by atoms with Gasteiger partial charge in [0.05, 0.1) is 24.7 Å². The fraction of sp³-hybridized carbons (Fsp3) is 0.778. The fourth-order valence-electron chi connectivity index (χ4n) is 11.1. The van der Waals surface area contributed by atoms with Gasteiger partial charge in [0.2, 0.25) is 82.7 Å². The zero-order valence-electron chi connectivity index (χ0n) is 57.6. The Balaban J connectivity index is 2.92. The minimum atomic E-state index is -1.86. The van der Waals surface area contributed by atoms with Crippen LogP contribution in [0.1, 0.15) is 180 Å². The molecule has 2 fully saturated rings. The lowest BCUT2D eigenvalue weighted by Gasteiger charge is -2.35. The number of aliphatic hydroxyl groups excluding tert-OH is 3. The summed E-state index contributed by atoms with van der Waals surface area (Å²) in [7, 11) is 1.21. The third kappa shape index (κ3) is 26.0. The number of amides is 14. The molecule has 0 aromatic heterocycles. The Kier molecular flexibility index (Phi) is 34.6. The third-order valence-electron chi connectivity index (χ3n) is 16.7. The van der Waals surface area contributed by atoms with Crippen LogP contribution in [0.2, 0.25) is 0 Å². The number of likely N-dealkylation sites (N-methyl/N-ethyl adjacent to an activating group) is 1. The predicted molar refractivity (Wildman–Crippen MR) is 345 cm³/mol. The molecular formula is C63H110N14O17. The van der Waals surface area contributed by atoms with Crippen molar-refractivity contribution < 1.29 is 82.4 Å².